The molecule has 0 N–H and O–H groups in total. The first-order valence-electron chi connectivity index (χ1n) is 9.42. The Morgan fingerprint density at radius 2 is 1.04 bits per heavy atom. The zero-order valence-corrected chi connectivity index (χ0v) is 17.2. The van der Waals surface area contributed by atoms with Gasteiger partial charge in [0.2, 0.25) is 0 Å². The number of anilines is 2. The maximum Gasteiger partial charge on any atom is 0.0646 e. The summed E-state index contributed by atoms with van der Waals surface area (Å²) in [6, 6.07) is 35.1. The van der Waals surface area contributed by atoms with Gasteiger partial charge in [-0.1, -0.05) is 78.9 Å². The van der Waals surface area contributed by atoms with Crippen molar-refractivity contribution in [1.82, 2.24) is 0 Å². The van der Waals surface area contributed by atoms with Crippen molar-refractivity contribution in [2.45, 2.75) is 0 Å². The van der Waals surface area contributed by atoms with E-state index in [-0.39, 0.29) is 0 Å². The largest absolute Gasteiger partial charge is 0.282 e. The number of rotatable bonds is 2. The molecule has 132 valence electrons. The van der Waals surface area contributed by atoms with E-state index >= 15 is 0 Å². The monoisotopic (exact) mass is 469 g/mol. The summed E-state index contributed by atoms with van der Waals surface area (Å²) in [4.78, 5) is 0. The minimum atomic E-state index is 1.18. The second-order valence-corrected chi connectivity index (χ2v) is 8.15. The van der Waals surface area contributed by atoms with Crippen LogP contribution in [0.15, 0.2) is 97.1 Å². The average Bonchev–Trinajstić information content (AvgIpc) is 2.77. The van der Waals surface area contributed by atoms with Crippen LogP contribution in [0.2, 0.25) is 0 Å². The zero-order valence-electron chi connectivity index (χ0n) is 15.1. The molecule has 0 bridgehead atoms. The minimum absolute atomic E-state index is 1.18. The predicted molar refractivity (Wildman–Crippen MR) is 130 cm³/mol. The Kier molecular flexibility index (Phi) is 3.50. The Morgan fingerprint density at radius 3 is 1.75 bits per heavy atom. The standard InChI is InChI=1S/C26H16IN/c27-28(18-9-2-1-3-10-18)24-16-15-22-20-12-5-8-17-7-4-11-19(25(17)20)21-13-6-14-23(24)26(21)22/h1-16H. The van der Waals surface area contributed by atoms with Crippen LogP contribution in [0.4, 0.5) is 11.4 Å². The van der Waals surface area contributed by atoms with Gasteiger partial charge in [0.05, 0.1) is 34.2 Å². The highest BCUT2D eigenvalue weighted by Crippen LogP contribution is 2.44. The third-order valence-electron chi connectivity index (χ3n) is 5.70. The van der Waals surface area contributed by atoms with E-state index in [9.17, 15) is 0 Å². The molecule has 0 radical (unpaired) electrons. The number of benzene rings is 6. The van der Waals surface area contributed by atoms with E-state index in [4.69, 9.17) is 0 Å². The van der Waals surface area contributed by atoms with E-state index in [0.29, 0.717) is 0 Å². The molecule has 0 heterocycles. The SMILES string of the molecule is IN(c1ccccc1)c1ccc2c3cccc4cccc(c5cccc1c52)c43. The van der Waals surface area contributed by atoms with Crippen molar-refractivity contribution in [2.75, 3.05) is 3.11 Å². The molecule has 6 aromatic carbocycles. The van der Waals surface area contributed by atoms with E-state index in [1.165, 1.54) is 54.5 Å². The molecule has 28 heavy (non-hydrogen) atoms. The number of nitrogens with zero attached hydrogens (tertiary/aromatic N) is 1. The Balaban J connectivity index is 1.78. The van der Waals surface area contributed by atoms with Gasteiger partial charge in [0.25, 0.3) is 0 Å². The van der Waals surface area contributed by atoms with E-state index < -0.39 is 0 Å². The second kappa shape index (κ2) is 6.08. The average molecular weight is 469 g/mol. The summed E-state index contributed by atoms with van der Waals surface area (Å²) in [6.45, 7) is 0. The maximum atomic E-state index is 2.41. The molecule has 0 atom stereocenters. The molecule has 0 saturated heterocycles. The summed E-state index contributed by atoms with van der Waals surface area (Å²) < 4.78 is 2.25. The van der Waals surface area contributed by atoms with Gasteiger partial charge in [-0.15, -0.1) is 0 Å². The lowest BCUT2D eigenvalue weighted by molar-refractivity contribution is 1.50. The van der Waals surface area contributed by atoms with Crippen molar-refractivity contribution in [3.8, 4) is 0 Å². The van der Waals surface area contributed by atoms with Crippen LogP contribution in [-0.4, -0.2) is 0 Å². The van der Waals surface area contributed by atoms with Gasteiger partial charge in [0.1, 0.15) is 0 Å². The molecular weight excluding hydrogens is 453 g/mol. The third kappa shape index (κ3) is 2.18. The van der Waals surface area contributed by atoms with Gasteiger partial charge in [0.15, 0.2) is 0 Å². The van der Waals surface area contributed by atoms with Crippen molar-refractivity contribution in [1.29, 1.82) is 0 Å². The normalized spacial score (nSPS) is 11.8. The summed E-state index contributed by atoms with van der Waals surface area (Å²) in [5.41, 5.74) is 2.40. The minimum Gasteiger partial charge on any atom is -0.282 e. The van der Waals surface area contributed by atoms with E-state index in [2.05, 4.69) is 123 Å². The zero-order chi connectivity index (χ0) is 18.7. The quantitative estimate of drug-likeness (QED) is 0.107. The highest BCUT2D eigenvalue weighted by Gasteiger charge is 2.16. The number of fused-ring (bicyclic) bond motifs is 2. The fraction of sp³-hybridized carbons (Fsp3) is 0. The molecule has 1 nitrogen and oxygen atoms in total. The van der Waals surface area contributed by atoms with Gasteiger partial charge in [-0.2, -0.15) is 0 Å². The van der Waals surface area contributed by atoms with Crippen LogP contribution in [0.25, 0.3) is 43.1 Å². The van der Waals surface area contributed by atoms with Crippen molar-refractivity contribution in [3.63, 3.8) is 0 Å². The topological polar surface area (TPSA) is 3.24 Å². The summed E-state index contributed by atoms with van der Waals surface area (Å²) >= 11 is 2.41. The predicted octanol–water partition coefficient (Wildman–Crippen LogP) is 8.23. The number of hydrogen-bond acceptors (Lipinski definition) is 1. The molecule has 0 unspecified atom stereocenters. The molecule has 0 spiro atoms. The third-order valence-corrected chi connectivity index (χ3v) is 6.77. The maximum absolute atomic E-state index is 2.41. The lowest BCUT2D eigenvalue weighted by Crippen LogP contribution is -2.01. The molecular formula is C26H16IN. The van der Waals surface area contributed by atoms with Gasteiger partial charge < -0.3 is 0 Å². The van der Waals surface area contributed by atoms with Gasteiger partial charge in [0, 0.05) is 5.39 Å². The van der Waals surface area contributed by atoms with Crippen LogP contribution in [0.3, 0.4) is 0 Å². The summed E-state index contributed by atoms with van der Waals surface area (Å²) in [5, 5.41) is 10.6. The molecule has 2 heteroatoms. The van der Waals surface area contributed by atoms with Gasteiger partial charge in [-0.05, 0) is 55.9 Å². The van der Waals surface area contributed by atoms with Crippen molar-refractivity contribution >= 4 is 77.3 Å². The summed E-state index contributed by atoms with van der Waals surface area (Å²) in [7, 11) is 0. The Bertz CT molecular complexity index is 1420. The fourth-order valence-electron chi connectivity index (χ4n) is 4.50. The smallest absolute Gasteiger partial charge is 0.0646 e. The van der Waals surface area contributed by atoms with Gasteiger partial charge in [-0.25, -0.2) is 0 Å². The number of halogens is 1. The first-order chi connectivity index (χ1) is 13.8. The second-order valence-electron chi connectivity index (χ2n) is 7.19. The highest BCUT2D eigenvalue weighted by atomic mass is 127. The summed E-state index contributed by atoms with van der Waals surface area (Å²) in [6.07, 6.45) is 0. The van der Waals surface area contributed by atoms with Crippen LogP contribution in [0, 0.1) is 0 Å². The van der Waals surface area contributed by atoms with Crippen LogP contribution in [0.5, 0.6) is 0 Å². The van der Waals surface area contributed by atoms with Crippen molar-refractivity contribution < 1.29 is 0 Å². The molecule has 0 aromatic heterocycles. The number of para-hydroxylation sites is 1. The first-order valence-corrected chi connectivity index (χ1v) is 10.4. The van der Waals surface area contributed by atoms with E-state index in [0.717, 1.165) is 0 Å². The van der Waals surface area contributed by atoms with Crippen molar-refractivity contribution in [2.24, 2.45) is 0 Å². The molecule has 0 aliphatic rings. The lowest BCUT2D eigenvalue weighted by atomic mass is 9.89. The van der Waals surface area contributed by atoms with Gasteiger partial charge in [-0.3, -0.25) is 3.11 Å². The van der Waals surface area contributed by atoms with Gasteiger partial charge >= 0.3 is 0 Å². The molecule has 0 amide bonds. The first kappa shape index (κ1) is 16.1. The molecule has 0 fully saturated rings. The summed E-state index contributed by atoms with van der Waals surface area (Å²) in [5.74, 6) is 0. The molecule has 6 rings (SSSR count). The van der Waals surface area contributed by atoms with E-state index in [1.54, 1.807) is 0 Å². The Hall–Kier alpha value is -2.85. The van der Waals surface area contributed by atoms with Crippen molar-refractivity contribution in [3.05, 3.63) is 97.1 Å². The number of hydrogen-bond donors (Lipinski definition) is 0. The Morgan fingerprint density at radius 1 is 0.464 bits per heavy atom. The van der Waals surface area contributed by atoms with E-state index in [1.807, 2.05) is 0 Å². The molecule has 0 aliphatic heterocycles. The Labute approximate surface area is 177 Å². The molecule has 0 aliphatic carbocycles. The van der Waals surface area contributed by atoms with Crippen LogP contribution >= 0.6 is 22.9 Å². The fourth-order valence-corrected chi connectivity index (χ4v) is 5.24. The van der Waals surface area contributed by atoms with Crippen LogP contribution in [-0.2, 0) is 0 Å². The molecule has 6 aromatic rings. The lowest BCUT2D eigenvalue weighted by Gasteiger charge is -2.21. The van der Waals surface area contributed by atoms with Crippen LogP contribution in [0.1, 0.15) is 0 Å². The van der Waals surface area contributed by atoms with Crippen LogP contribution < -0.4 is 3.11 Å². The molecule has 0 saturated carbocycles. The highest BCUT2D eigenvalue weighted by molar-refractivity contribution is 14.1.